The monoisotopic (exact) mass is 303 g/mol. The first-order chi connectivity index (χ1) is 10.1. The summed E-state index contributed by atoms with van der Waals surface area (Å²) in [5, 5.41) is 3.20. The molecule has 0 atom stereocenters. The molecule has 1 N–H and O–H groups in total. The first-order valence-electron chi connectivity index (χ1n) is 7.37. The normalized spacial score (nSPS) is 11.1. The molecule has 3 heteroatoms. The van der Waals surface area contributed by atoms with E-state index in [-0.39, 0.29) is 5.82 Å². The molecular formula is C18H22FNS. The summed E-state index contributed by atoms with van der Waals surface area (Å²) in [7, 11) is 0. The fourth-order valence-corrected chi connectivity index (χ4v) is 2.87. The van der Waals surface area contributed by atoms with Gasteiger partial charge < -0.3 is 5.32 Å². The van der Waals surface area contributed by atoms with E-state index in [1.165, 1.54) is 17.3 Å². The molecule has 2 aromatic rings. The molecule has 0 radical (unpaired) electrons. The summed E-state index contributed by atoms with van der Waals surface area (Å²) in [6.07, 6.45) is 0. The van der Waals surface area contributed by atoms with Gasteiger partial charge in [-0.25, -0.2) is 4.39 Å². The molecule has 0 aromatic heterocycles. The van der Waals surface area contributed by atoms with Crippen molar-refractivity contribution in [3.8, 4) is 0 Å². The van der Waals surface area contributed by atoms with E-state index in [1.807, 2.05) is 19.1 Å². The maximum Gasteiger partial charge on any atom is 0.137 e. The molecule has 1 nitrogen and oxygen atoms in total. The highest BCUT2D eigenvalue weighted by molar-refractivity contribution is 7.99. The lowest BCUT2D eigenvalue weighted by Gasteiger charge is -2.08. The quantitative estimate of drug-likeness (QED) is 0.786. The number of rotatable bonds is 6. The Labute approximate surface area is 131 Å². The van der Waals surface area contributed by atoms with Crippen molar-refractivity contribution in [3.05, 3.63) is 59.4 Å². The van der Waals surface area contributed by atoms with Crippen LogP contribution in [0, 0.1) is 5.82 Å². The summed E-state index contributed by atoms with van der Waals surface area (Å²) in [4.78, 5) is 1.74. The zero-order valence-corrected chi connectivity index (χ0v) is 13.6. The second kappa shape index (κ2) is 7.62. The highest BCUT2D eigenvalue weighted by Crippen LogP contribution is 2.31. The Kier molecular flexibility index (Phi) is 5.83. The van der Waals surface area contributed by atoms with Gasteiger partial charge in [0.05, 0.1) is 0 Å². The molecule has 0 bridgehead atoms. The Morgan fingerprint density at radius 1 is 1.10 bits per heavy atom. The summed E-state index contributed by atoms with van der Waals surface area (Å²) < 4.78 is 14.1. The Balaban J connectivity index is 2.08. The highest BCUT2D eigenvalue weighted by Gasteiger charge is 2.06. The van der Waals surface area contributed by atoms with E-state index in [0.29, 0.717) is 17.4 Å². The topological polar surface area (TPSA) is 12.0 Å². The van der Waals surface area contributed by atoms with Gasteiger partial charge in [0, 0.05) is 16.3 Å². The first-order valence-corrected chi connectivity index (χ1v) is 8.18. The van der Waals surface area contributed by atoms with E-state index >= 15 is 0 Å². The van der Waals surface area contributed by atoms with Crippen LogP contribution in [0.4, 0.5) is 4.39 Å². The van der Waals surface area contributed by atoms with E-state index < -0.39 is 0 Å². The summed E-state index contributed by atoms with van der Waals surface area (Å²) in [6, 6.07) is 13.8. The van der Waals surface area contributed by atoms with Crippen molar-refractivity contribution in [1.82, 2.24) is 5.32 Å². The van der Waals surface area contributed by atoms with E-state index in [1.54, 1.807) is 6.07 Å². The molecule has 0 fully saturated rings. The number of benzene rings is 2. The maximum absolute atomic E-state index is 14.1. The lowest BCUT2D eigenvalue weighted by molar-refractivity contribution is 0.596. The van der Waals surface area contributed by atoms with Crippen LogP contribution < -0.4 is 5.32 Å². The van der Waals surface area contributed by atoms with Crippen molar-refractivity contribution in [2.75, 3.05) is 6.54 Å². The average Bonchev–Trinajstić information content (AvgIpc) is 2.48. The predicted molar refractivity (Wildman–Crippen MR) is 88.4 cm³/mol. The smallest absolute Gasteiger partial charge is 0.137 e. The van der Waals surface area contributed by atoms with E-state index in [0.717, 1.165) is 17.0 Å². The molecule has 0 aliphatic heterocycles. The molecule has 0 aliphatic rings. The van der Waals surface area contributed by atoms with Gasteiger partial charge in [-0.15, -0.1) is 0 Å². The van der Waals surface area contributed by atoms with Crippen molar-refractivity contribution in [2.24, 2.45) is 0 Å². The highest BCUT2D eigenvalue weighted by atomic mass is 32.2. The van der Waals surface area contributed by atoms with Crippen LogP contribution in [0.2, 0.25) is 0 Å². The van der Waals surface area contributed by atoms with Crippen LogP contribution in [0.3, 0.4) is 0 Å². The van der Waals surface area contributed by atoms with Crippen LogP contribution in [0.5, 0.6) is 0 Å². The van der Waals surface area contributed by atoms with Gasteiger partial charge >= 0.3 is 0 Å². The van der Waals surface area contributed by atoms with Crippen molar-refractivity contribution < 1.29 is 4.39 Å². The van der Waals surface area contributed by atoms with Gasteiger partial charge in [-0.2, -0.15) is 0 Å². The Hall–Kier alpha value is -1.32. The van der Waals surface area contributed by atoms with Gasteiger partial charge in [-0.05, 0) is 47.9 Å². The molecule has 0 amide bonds. The average molecular weight is 303 g/mol. The summed E-state index contributed by atoms with van der Waals surface area (Å²) in [5.41, 5.74) is 2.29. The minimum Gasteiger partial charge on any atom is -0.313 e. The number of halogens is 1. The van der Waals surface area contributed by atoms with Crippen LogP contribution in [0.1, 0.15) is 37.8 Å². The van der Waals surface area contributed by atoms with Crippen LogP contribution in [0.15, 0.2) is 52.3 Å². The lowest BCUT2D eigenvalue weighted by atomic mass is 10.0. The fraction of sp³-hybridized carbons (Fsp3) is 0.333. The molecule has 0 saturated heterocycles. The summed E-state index contributed by atoms with van der Waals surface area (Å²) in [5.74, 6) is 0.370. The zero-order valence-electron chi connectivity index (χ0n) is 12.8. The third kappa shape index (κ3) is 4.58. The van der Waals surface area contributed by atoms with Gasteiger partial charge in [0.25, 0.3) is 0 Å². The molecule has 2 aromatic carbocycles. The molecule has 0 saturated carbocycles. The number of hydrogen-bond acceptors (Lipinski definition) is 2. The second-order valence-electron chi connectivity index (χ2n) is 5.37. The maximum atomic E-state index is 14.1. The van der Waals surface area contributed by atoms with Crippen molar-refractivity contribution in [3.63, 3.8) is 0 Å². The van der Waals surface area contributed by atoms with E-state index in [9.17, 15) is 4.39 Å². The Morgan fingerprint density at radius 3 is 2.38 bits per heavy atom. The van der Waals surface area contributed by atoms with Crippen molar-refractivity contribution >= 4 is 11.8 Å². The Bertz CT molecular complexity index is 578. The van der Waals surface area contributed by atoms with Gasteiger partial charge in [0.15, 0.2) is 0 Å². The molecule has 0 unspecified atom stereocenters. The van der Waals surface area contributed by atoms with Crippen molar-refractivity contribution in [1.29, 1.82) is 0 Å². The molecule has 0 aliphatic carbocycles. The standard InChI is InChI=1S/C18H22FNS/c1-4-20-12-14-5-10-18(17(19)11-14)21-16-8-6-15(7-9-16)13(2)3/h5-11,13,20H,4,12H2,1-3H3. The summed E-state index contributed by atoms with van der Waals surface area (Å²) in [6.45, 7) is 7.99. The van der Waals surface area contributed by atoms with E-state index in [2.05, 4.69) is 43.4 Å². The number of hydrogen-bond donors (Lipinski definition) is 1. The molecule has 2 rings (SSSR count). The summed E-state index contributed by atoms with van der Waals surface area (Å²) >= 11 is 1.47. The lowest BCUT2D eigenvalue weighted by Crippen LogP contribution is -2.11. The van der Waals surface area contributed by atoms with Gasteiger partial charge in [-0.3, -0.25) is 0 Å². The molecule has 0 heterocycles. The van der Waals surface area contributed by atoms with E-state index in [4.69, 9.17) is 0 Å². The molecule has 112 valence electrons. The van der Waals surface area contributed by atoms with Gasteiger partial charge in [-0.1, -0.05) is 50.7 Å². The van der Waals surface area contributed by atoms with Crippen LogP contribution in [-0.2, 0) is 6.54 Å². The second-order valence-corrected chi connectivity index (χ2v) is 6.49. The largest absolute Gasteiger partial charge is 0.313 e. The van der Waals surface area contributed by atoms with Crippen LogP contribution >= 0.6 is 11.8 Å². The predicted octanol–water partition coefficient (Wildman–Crippen LogP) is 5.21. The molecular weight excluding hydrogens is 281 g/mol. The first kappa shape index (κ1) is 16.1. The Morgan fingerprint density at radius 2 is 1.81 bits per heavy atom. The van der Waals surface area contributed by atoms with Crippen molar-refractivity contribution in [2.45, 2.75) is 43.0 Å². The van der Waals surface area contributed by atoms with Crippen LogP contribution in [-0.4, -0.2) is 6.54 Å². The number of nitrogens with one attached hydrogen (secondary N) is 1. The zero-order chi connectivity index (χ0) is 15.2. The van der Waals surface area contributed by atoms with Gasteiger partial charge in [0.2, 0.25) is 0 Å². The third-order valence-corrected chi connectivity index (χ3v) is 4.41. The third-order valence-electron chi connectivity index (χ3n) is 3.35. The SMILES string of the molecule is CCNCc1ccc(Sc2ccc(C(C)C)cc2)c(F)c1. The fourth-order valence-electron chi connectivity index (χ4n) is 2.05. The minimum atomic E-state index is -0.150. The van der Waals surface area contributed by atoms with Crippen LogP contribution in [0.25, 0.3) is 0 Å². The van der Waals surface area contributed by atoms with Gasteiger partial charge in [0.1, 0.15) is 5.82 Å². The molecule has 0 spiro atoms. The minimum absolute atomic E-state index is 0.150. The molecule has 21 heavy (non-hydrogen) atoms.